The van der Waals surface area contributed by atoms with Crippen LogP contribution in [0, 0.1) is 0 Å². The number of aliphatic hydroxyl groups excluding tert-OH is 1. The summed E-state index contributed by atoms with van der Waals surface area (Å²) in [4.78, 5) is 7.58. The van der Waals surface area contributed by atoms with Crippen molar-refractivity contribution in [3.05, 3.63) is 11.1 Å². The summed E-state index contributed by atoms with van der Waals surface area (Å²) in [6, 6.07) is 0.711. The van der Waals surface area contributed by atoms with E-state index in [9.17, 15) is 0 Å². The smallest absolute Gasteiger partial charge is 0.185 e. The van der Waals surface area contributed by atoms with Crippen molar-refractivity contribution in [1.29, 1.82) is 0 Å². The van der Waals surface area contributed by atoms with Gasteiger partial charge >= 0.3 is 0 Å². The van der Waals surface area contributed by atoms with Crippen molar-refractivity contribution in [3.63, 3.8) is 0 Å². The maximum Gasteiger partial charge on any atom is 0.185 e. The Hall–Kier alpha value is -0.610. The highest BCUT2D eigenvalue weighted by Gasteiger charge is 2.29. The molecule has 0 radical (unpaired) electrons. The van der Waals surface area contributed by atoms with Crippen LogP contribution in [0.15, 0.2) is 6.20 Å². The van der Waals surface area contributed by atoms with Gasteiger partial charge in [-0.05, 0) is 19.8 Å². The first kappa shape index (κ1) is 8.97. The van der Waals surface area contributed by atoms with E-state index in [-0.39, 0.29) is 6.61 Å². The molecule has 1 heterocycles. The van der Waals surface area contributed by atoms with Gasteiger partial charge in [-0.15, -0.1) is 0 Å². The summed E-state index contributed by atoms with van der Waals surface area (Å²) in [5.74, 6) is 0. The van der Waals surface area contributed by atoms with Gasteiger partial charge in [0.15, 0.2) is 5.13 Å². The van der Waals surface area contributed by atoms with Gasteiger partial charge in [0.2, 0.25) is 0 Å². The monoisotopic (exact) mass is 198 g/mol. The second kappa shape index (κ2) is 3.64. The number of anilines is 1. The number of rotatable bonds is 4. The van der Waals surface area contributed by atoms with E-state index >= 15 is 0 Å². The molecular weight excluding hydrogens is 184 g/mol. The number of thiazole rings is 1. The zero-order chi connectivity index (χ0) is 9.26. The minimum Gasteiger partial charge on any atom is -0.391 e. The maximum absolute atomic E-state index is 8.91. The molecule has 1 aromatic heterocycles. The van der Waals surface area contributed by atoms with Crippen LogP contribution in [0.25, 0.3) is 0 Å². The highest BCUT2D eigenvalue weighted by Crippen LogP contribution is 2.33. The van der Waals surface area contributed by atoms with Crippen LogP contribution < -0.4 is 4.90 Å². The van der Waals surface area contributed by atoms with Crippen molar-refractivity contribution < 1.29 is 5.11 Å². The molecule has 1 aliphatic carbocycles. The Labute approximate surface area is 82.0 Å². The number of aliphatic hydroxyl groups is 1. The average Bonchev–Trinajstić information content (AvgIpc) is 2.85. The van der Waals surface area contributed by atoms with Gasteiger partial charge in [0.05, 0.1) is 11.5 Å². The van der Waals surface area contributed by atoms with E-state index in [1.807, 2.05) is 0 Å². The molecule has 3 nitrogen and oxygen atoms in total. The minimum absolute atomic E-state index is 0.111. The van der Waals surface area contributed by atoms with E-state index < -0.39 is 0 Å². The summed E-state index contributed by atoms with van der Waals surface area (Å²) in [5, 5.41) is 9.98. The molecule has 1 fully saturated rings. The Kier molecular flexibility index (Phi) is 2.51. The molecule has 1 N–H and O–H groups in total. The minimum atomic E-state index is 0.111. The average molecular weight is 198 g/mol. The number of hydrogen-bond acceptors (Lipinski definition) is 4. The molecule has 2 rings (SSSR count). The molecule has 0 spiro atoms. The molecule has 13 heavy (non-hydrogen) atoms. The van der Waals surface area contributed by atoms with Crippen LogP contribution in [0.3, 0.4) is 0 Å². The lowest BCUT2D eigenvalue weighted by Gasteiger charge is -2.18. The predicted molar refractivity (Wildman–Crippen MR) is 54.1 cm³/mol. The van der Waals surface area contributed by atoms with Gasteiger partial charge in [-0.25, -0.2) is 4.98 Å². The van der Waals surface area contributed by atoms with Crippen LogP contribution in [0.5, 0.6) is 0 Å². The van der Waals surface area contributed by atoms with Crippen LogP contribution >= 0.6 is 11.3 Å². The lowest BCUT2D eigenvalue weighted by molar-refractivity contribution is 0.285. The van der Waals surface area contributed by atoms with Gasteiger partial charge in [0.1, 0.15) is 0 Å². The van der Waals surface area contributed by atoms with Gasteiger partial charge in [-0.1, -0.05) is 11.3 Å². The largest absolute Gasteiger partial charge is 0.391 e. The second-order valence-corrected chi connectivity index (χ2v) is 4.38. The molecule has 0 bridgehead atoms. The molecule has 4 heteroatoms. The molecule has 0 saturated heterocycles. The number of nitrogens with zero attached hydrogens (tertiary/aromatic N) is 2. The van der Waals surface area contributed by atoms with Gasteiger partial charge in [-0.2, -0.15) is 0 Å². The fourth-order valence-electron chi connectivity index (χ4n) is 1.44. The van der Waals surface area contributed by atoms with Gasteiger partial charge in [0.25, 0.3) is 0 Å². The quantitative estimate of drug-likeness (QED) is 0.798. The second-order valence-electron chi connectivity index (χ2n) is 3.28. The van der Waals surface area contributed by atoms with Crippen molar-refractivity contribution in [3.8, 4) is 0 Å². The molecule has 1 aliphatic rings. The predicted octanol–water partition coefficient (Wildman–Crippen LogP) is 1.62. The molecule has 72 valence electrons. The highest BCUT2D eigenvalue weighted by atomic mass is 32.1. The molecule has 0 aliphatic heterocycles. The summed E-state index contributed by atoms with van der Waals surface area (Å²) < 4.78 is 0. The topological polar surface area (TPSA) is 36.4 Å². The molecule has 0 aromatic carbocycles. The van der Waals surface area contributed by atoms with E-state index in [0.29, 0.717) is 6.04 Å². The normalized spacial score (nSPS) is 16.2. The Balaban J connectivity index is 2.12. The first-order valence-electron chi connectivity index (χ1n) is 4.67. The van der Waals surface area contributed by atoms with E-state index in [1.165, 1.54) is 12.8 Å². The van der Waals surface area contributed by atoms with Crippen LogP contribution in [-0.2, 0) is 6.61 Å². The fraction of sp³-hybridized carbons (Fsp3) is 0.667. The van der Waals surface area contributed by atoms with Crippen molar-refractivity contribution in [2.75, 3.05) is 11.4 Å². The van der Waals surface area contributed by atoms with Crippen molar-refractivity contribution in [2.24, 2.45) is 0 Å². The Morgan fingerprint density at radius 3 is 2.92 bits per heavy atom. The summed E-state index contributed by atoms with van der Waals surface area (Å²) in [6.45, 7) is 3.28. The maximum atomic E-state index is 8.91. The number of aromatic nitrogens is 1. The molecular formula is C9H14N2OS. The first-order chi connectivity index (χ1) is 6.35. The van der Waals surface area contributed by atoms with Crippen molar-refractivity contribution in [2.45, 2.75) is 32.4 Å². The van der Waals surface area contributed by atoms with E-state index in [1.54, 1.807) is 17.5 Å². The van der Waals surface area contributed by atoms with Crippen molar-refractivity contribution >= 4 is 16.5 Å². The third kappa shape index (κ3) is 1.84. The Bertz CT molecular complexity index is 283. The zero-order valence-corrected chi connectivity index (χ0v) is 8.55. The Morgan fingerprint density at radius 2 is 2.46 bits per heavy atom. The summed E-state index contributed by atoms with van der Waals surface area (Å²) in [5.41, 5.74) is 0. The molecule has 0 unspecified atom stereocenters. The molecule has 0 atom stereocenters. The van der Waals surface area contributed by atoms with Gasteiger partial charge in [0, 0.05) is 18.8 Å². The van der Waals surface area contributed by atoms with E-state index in [2.05, 4.69) is 16.8 Å². The van der Waals surface area contributed by atoms with Crippen molar-refractivity contribution in [1.82, 2.24) is 4.98 Å². The third-order valence-electron chi connectivity index (χ3n) is 2.27. The zero-order valence-electron chi connectivity index (χ0n) is 7.73. The SMILES string of the molecule is CCN(c1ncc(CO)s1)C1CC1. The Morgan fingerprint density at radius 1 is 1.69 bits per heavy atom. The van der Waals surface area contributed by atoms with Crippen LogP contribution in [0.1, 0.15) is 24.6 Å². The number of hydrogen-bond donors (Lipinski definition) is 1. The molecule has 0 amide bonds. The lowest BCUT2D eigenvalue weighted by atomic mass is 10.5. The molecule has 1 saturated carbocycles. The summed E-state index contributed by atoms with van der Waals surface area (Å²) in [7, 11) is 0. The van der Waals surface area contributed by atoms with Crippen LogP contribution in [0.4, 0.5) is 5.13 Å². The summed E-state index contributed by atoms with van der Waals surface area (Å²) >= 11 is 1.60. The standard InChI is InChI=1S/C9H14N2OS/c1-2-11(7-3-4-7)9-10-5-8(6-12)13-9/h5,7,12H,2-4,6H2,1H3. The van der Waals surface area contributed by atoms with E-state index in [4.69, 9.17) is 5.11 Å². The summed E-state index contributed by atoms with van der Waals surface area (Å²) in [6.07, 6.45) is 4.36. The third-order valence-corrected chi connectivity index (χ3v) is 3.29. The van der Waals surface area contributed by atoms with Gasteiger partial charge in [-0.3, -0.25) is 0 Å². The first-order valence-corrected chi connectivity index (χ1v) is 5.49. The van der Waals surface area contributed by atoms with Crippen LogP contribution in [0.2, 0.25) is 0 Å². The van der Waals surface area contributed by atoms with E-state index in [0.717, 1.165) is 16.6 Å². The van der Waals surface area contributed by atoms with Crippen LogP contribution in [-0.4, -0.2) is 22.7 Å². The lowest BCUT2D eigenvalue weighted by Crippen LogP contribution is -2.24. The van der Waals surface area contributed by atoms with Gasteiger partial charge < -0.3 is 10.0 Å². The molecule has 1 aromatic rings. The highest BCUT2D eigenvalue weighted by molar-refractivity contribution is 7.15. The fourth-order valence-corrected chi connectivity index (χ4v) is 2.34.